The number of halogens is 1. The Morgan fingerprint density at radius 3 is 2.58 bits per heavy atom. The second kappa shape index (κ2) is 6.87. The lowest BCUT2D eigenvalue weighted by atomic mass is 9.96. The molecule has 0 aliphatic heterocycles. The van der Waals surface area contributed by atoms with Crippen molar-refractivity contribution in [3.8, 4) is 0 Å². The van der Waals surface area contributed by atoms with Crippen molar-refractivity contribution in [1.82, 2.24) is 5.32 Å². The fourth-order valence-corrected chi connectivity index (χ4v) is 1.80. The van der Waals surface area contributed by atoms with E-state index in [9.17, 15) is 14.0 Å². The zero-order chi connectivity index (χ0) is 14.4. The number of carboxylic acids is 1. The van der Waals surface area contributed by atoms with Crippen LogP contribution in [0.3, 0.4) is 0 Å². The SMILES string of the molecule is CC(C)NC(=O)CC(Cc1cccc(F)c1)C(=O)O. The molecule has 5 heteroatoms. The van der Waals surface area contributed by atoms with Crippen molar-refractivity contribution in [2.75, 3.05) is 0 Å². The minimum atomic E-state index is -1.05. The van der Waals surface area contributed by atoms with Gasteiger partial charge in [0.05, 0.1) is 5.92 Å². The maximum absolute atomic E-state index is 13.0. The second-order valence-corrected chi connectivity index (χ2v) is 4.80. The zero-order valence-electron chi connectivity index (χ0n) is 11.0. The number of nitrogens with one attached hydrogen (secondary N) is 1. The van der Waals surface area contributed by atoms with Gasteiger partial charge in [-0.1, -0.05) is 12.1 Å². The third kappa shape index (κ3) is 5.50. The minimum Gasteiger partial charge on any atom is -0.481 e. The molecular weight excluding hydrogens is 249 g/mol. The Labute approximate surface area is 111 Å². The van der Waals surface area contributed by atoms with Crippen molar-refractivity contribution in [2.24, 2.45) is 5.92 Å². The van der Waals surface area contributed by atoms with Crippen molar-refractivity contribution < 1.29 is 19.1 Å². The van der Waals surface area contributed by atoms with Crippen LogP contribution in [-0.4, -0.2) is 23.0 Å². The van der Waals surface area contributed by atoms with E-state index in [2.05, 4.69) is 5.32 Å². The van der Waals surface area contributed by atoms with Gasteiger partial charge < -0.3 is 10.4 Å². The number of carbonyl (C=O) groups excluding carboxylic acids is 1. The molecule has 4 nitrogen and oxygen atoms in total. The van der Waals surface area contributed by atoms with Crippen molar-refractivity contribution in [1.29, 1.82) is 0 Å². The molecule has 1 atom stereocenters. The molecule has 1 aromatic carbocycles. The molecule has 0 aliphatic rings. The van der Waals surface area contributed by atoms with Gasteiger partial charge in [0, 0.05) is 12.5 Å². The molecule has 1 unspecified atom stereocenters. The summed E-state index contributed by atoms with van der Waals surface area (Å²) in [5.41, 5.74) is 0.574. The number of aliphatic carboxylic acids is 1. The predicted molar refractivity (Wildman–Crippen MR) is 69.1 cm³/mol. The monoisotopic (exact) mass is 267 g/mol. The molecule has 0 fully saturated rings. The van der Waals surface area contributed by atoms with Gasteiger partial charge >= 0.3 is 5.97 Å². The molecule has 19 heavy (non-hydrogen) atoms. The number of carboxylic acid groups (broad SMARTS) is 1. The highest BCUT2D eigenvalue weighted by Crippen LogP contribution is 2.14. The third-order valence-corrected chi connectivity index (χ3v) is 2.60. The van der Waals surface area contributed by atoms with Crippen molar-refractivity contribution in [2.45, 2.75) is 32.7 Å². The molecule has 0 aromatic heterocycles. The Hall–Kier alpha value is -1.91. The van der Waals surface area contributed by atoms with Gasteiger partial charge in [-0.25, -0.2) is 4.39 Å². The van der Waals surface area contributed by atoms with Crippen LogP contribution in [0.25, 0.3) is 0 Å². The Morgan fingerprint density at radius 1 is 1.37 bits per heavy atom. The highest BCUT2D eigenvalue weighted by atomic mass is 19.1. The minimum absolute atomic E-state index is 0.0314. The first-order valence-electron chi connectivity index (χ1n) is 6.15. The average Bonchev–Trinajstić information content (AvgIpc) is 2.26. The van der Waals surface area contributed by atoms with Gasteiger partial charge in [-0.3, -0.25) is 9.59 Å². The van der Waals surface area contributed by atoms with Crippen LogP contribution in [0.2, 0.25) is 0 Å². The van der Waals surface area contributed by atoms with Crippen LogP contribution >= 0.6 is 0 Å². The van der Waals surface area contributed by atoms with Gasteiger partial charge in [0.25, 0.3) is 0 Å². The van der Waals surface area contributed by atoms with E-state index in [-0.39, 0.29) is 24.8 Å². The van der Waals surface area contributed by atoms with Crippen molar-refractivity contribution in [3.63, 3.8) is 0 Å². The molecular formula is C14H18FNO3. The first kappa shape index (κ1) is 15.1. The van der Waals surface area contributed by atoms with E-state index >= 15 is 0 Å². The molecule has 0 heterocycles. The number of hydrogen-bond acceptors (Lipinski definition) is 2. The topological polar surface area (TPSA) is 66.4 Å². The van der Waals surface area contributed by atoms with Gasteiger partial charge in [0.15, 0.2) is 0 Å². The number of amides is 1. The molecule has 0 radical (unpaired) electrons. The molecule has 1 amide bonds. The molecule has 1 rings (SSSR count). The van der Waals surface area contributed by atoms with E-state index in [1.165, 1.54) is 18.2 Å². The highest BCUT2D eigenvalue weighted by molar-refractivity contribution is 5.82. The summed E-state index contributed by atoms with van der Waals surface area (Å²) >= 11 is 0. The van der Waals surface area contributed by atoms with Crippen LogP contribution in [-0.2, 0) is 16.0 Å². The number of rotatable bonds is 6. The summed E-state index contributed by atoms with van der Waals surface area (Å²) in [7, 11) is 0. The van der Waals surface area contributed by atoms with Gasteiger partial charge in [-0.05, 0) is 38.0 Å². The first-order valence-corrected chi connectivity index (χ1v) is 6.15. The number of benzene rings is 1. The van der Waals surface area contributed by atoms with Gasteiger partial charge in [-0.2, -0.15) is 0 Å². The molecule has 0 saturated carbocycles. The van der Waals surface area contributed by atoms with E-state index < -0.39 is 17.7 Å². The molecule has 0 saturated heterocycles. The third-order valence-electron chi connectivity index (χ3n) is 2.60. The fourth-order valence-electron chi connectivity index (χ4n) is 1.80. The van der Waals surface area contributed by atoms with Crippen LogP contribution in [0.1, 0.15) is 25.8 Å². The normalized spacial score (nSPS) is 12.2. The van der Waals surface area contributed by atoms with Crippen molar-refractivity contribution in [3.05, 3.63) is 35.6 Å². The second-order valence-electron chi connectivity index (χ2n) is 4.80. The fraction of sp³-hybridized carbons (Fsp3) is 0.429. The number of hydrogen-bond donors (Lipinski definition) is 2. The smallest absolute Gasteiger partial charge is 0.307 e. The van der Waals surface area contributed by atoms with Gasteiger partial charge in [0.2, 0.25) is 5.91 Å². The van der Waals surface area contributed by atoms with Crippen LogP contribution in [0, 0.1) is 11.7 Å². The van der Waals surface area contributed by atoms with Gasteiger partial charge in [0.1, 0.15) is 5.82 Å². The average molecular weight is 267 g/mol. The first-order chi connectivity index (χ1) is 8.88. The lowest BCUT2D eigenvalue weighted by Crippen LogP contribution is -2.33. The molecule has 104 valence electrons. The summed E-state index contributed by atoms with van der Waals surface area (Å²) < 4.78 is 13.0. The predicted octanol–water partition coefficient (Wildman–Crippen LogP) is 1.98. The van der Waals surface area contributed by atoms with E-state index in [4.69, 9.17) is 5.11 Å². The summed E-state index contributed by atoms with van der Waals surface area (Å²) in [5, 5.41) is 11.8. The summed E-state index contributed by atoms with van der Waals surface area (Å²) in [5.74, 6) is -2.62. The molecule has 1 aromatic rings. The van der Waals surface area contributed by atoms with Crippen LogP contribution in [0.15, 0.2) is 24.3 Å². The Balaban J connectivity index is 2.68. The number of carbonyl (C=O) groups is 2. The zero-order valence-corrected chi connectivity index (χ0v) is 11.0. The standard InChI is InChI=1S/C14H18FNO3/c1-9(2)16-13(17)8-11(14(18)19)6-10-4-3-5-12(15)7-10/h3-5,7,9,11H,6,8H2,1-2H3,(H,16,17)(H,18,19). The summed E-state index contributed by atoms with van der Waals surface area (Å²) in [4.78, 5) is 22.7. The summed E-state index contributed by atoms with van der Waals surface area (Å²) in [6.45, 7) is 3.61. The lowest BCUT2D eigenvalue weighted by Gasteiger charge is -2.14. The maximum Gasteiger partial charge on any atom is 0.307 e. The highest BCUT2D eigenvalue weighted by Gasteiger charge is 2.22. The quantitative estimate of drug-likeness (QED) is 0.828. The van der Waals surface area contributed by atoms with Crippen LogP contribution in [0.4, 0.5) is 4.39 Å². The van der Waals surface area contributed by atoms with Crippen LogP contribution in [0.5, 0.6) is 0 Å². The van der Waals surface area contributed by atoms with Crippen molar-refractivity contribution >= 4 is 11.9 Å². The molecule has 0 bridgehead atoms. The Bertz CT molecular complexity index is 460. The molecule has 2 N–H and O–H groups in total. The van der Waals surface area contributed by atoms with E-state index in [0.717, 1.165) is 0 Å². The summed E-state index contributed by atoms with van der Waals surface area (Å²) in [6.07, 6.45) is 0.0304. The maximum atomic E-state index is 13.0. The Kier molecular flexibility index (Phi) is 5.48. The van der Waals surface area contributed by atoms with E-state index in [0.29, 0.717) is 5.56 Å². The van der Waals surface area contributed by atoms with E-state index in [1.807, 2.05) is 0 Å². The Morgan fingerprint density at radius 2 is 2.05 bits per heavy atom. The van der Waals surface area contributed by atoms with Gasteiger partial charge in [-0.15, -0.1) is 0 Å². The van der Waals surface area contributed by atoms with Crippen LogP contribution < -0.4 is 5.32 Å². The summed E-state index contributed by atoms with van der Waals surface area (Å²) in [6, 6.07) is 5.73. The molecule has 0 spiro atoms. The lowest BCUT2D eigenvalue weighted by molar-refractivity contribution is -0.144. The molecule has 0 aliphatic carbocycles. The largest absolute Gasteiger partial charge is 0.481 e. The van der Waals surface area contributed by atoms with E-state index in [1.54, 1.807) is 19.9 Å².